The Hall–Kier alpha value is -1.72. The van der Waals surface area contributed by atoms with Crippen molar-refractivity contribution < 1.29 is 9.59 Å². The van der Waals surface area contributed by atoms with Crippen LogP contribution in [0.15, 0.2) is 6.33 Å². The van der Waals surface area contributed by atoms with E-state index in [1.807, 2.05) is 0 Å². The standard InChI is InChI=1S/C10H16N4O2/c1-3-8(15)7(13-10(16)4-2)5-9-11-6-12-14-9/h6-7H,3-5H2,1-2H3,(H,13,16)(H,11,12,14). The fraction of sp³-hybridized carbons (Fsp3) is 0.600. The van der Waals surface area contributed by atoms with Gasteiger partial charge in [0, 0.05) is 19.3 Å². The molecule has 88 valence electrons. The average molecular weight is 224 g/mol. The van der Waals surface area contributed by atoms with E-state index in [1.54, 1.807) is 13.8 Å². The topological polar surface area (TPSA) is 87.7 Å². The van der Waals surface area contributed by atoms with Gasteiger partial charge in [-0.15, -0.1) is 0 Å². The molecule has 1 amide bonds. The molecule has 0 aliphatic carbocycles. The maximum atomic E-state index is 11.6. The quantitative estimate of drug-likeness (QED) is 0.723. The minimum Gasteiger partial charge on any atom is -0.346 e. The maximum Gasteiger partial charge on any atom is 0.220 e. The molecule has 1 unspecified atom stereocenters. The molecule has 6 heteroatoms. The lowest BCUT2D eigenvalue weighted by Crippen LogP contribution is -2.42. The van der Waals surface area contributed by atoms with Gasteiger partial charge in [0.25, 0.3) is 0 Å². The van der Waals surface area contributed by atoms with Crippen LogP contribution in [0.4, 0.5) is 0 Å². The SMILES string of the molecule is CCC(=O)NC(Cc1ncn[nH]1)C(=O)CC. The van der Waals surface area contributed by atoms with Crippen molar-refractivity contribution in [3.8, 4) is 0 Å². The summed E-state index contributed by atoms with van der Waals surface area (Å²) in [5, 5.41) is 9.05. The van der Waals surface area contributed by atoms with E-state index < -0.39 is 6.04 Å². The van der Waals surface area contributed by atoms with Crippen LogP contribution in [0.5, 0.6) is 0 Å². The van der Waals surface area contributed by atoms with Crippen molar-refractivity contribution in [2.24, 2.45) is 0 Å². The molecule has 6 nitrogen and oxygen atoms in total. The molecule has 1 rings (SSSR count). The number of nitrogens with one attached hydrogen (secondary N) is 2. The third-order valence-electron chi connectivity index (χ3n) is 2.26. The van der Waals surface area contributed by atoms with Crippen LogP contribution in [0.2, 0.25) is 0 Å². The number of Topliss-reactive ketones (excluding diaryl/α,β-unsaturated/α-hetero) is 1. The van der Waals surface area contributed by atoms with Crippen molar-refractivity contribution in [3.63, 3.8) is 0 Å². The normalized spacial score (nSPS) is 12.1. The van der Waals surface area contributed by atoms with Crippen LogP contribution in [0.3, 0.4) is 0 Å². The van der Waals surface area contributed by atoms with Crippen molar-refractivity contribution in [2.45, 2.75) is 39.2 Å². The maximum absolute atomic E-state index is 11.6. The van der Waals surface area contributed by atoms with E-state index in [4.69, 9.17) is 0 Å². The summed E-state index contributed by atoms with van der Waals surface area (Å²) in [4.78, 5) is 26.8. The van der Waals surface area contributed by atoms with E-state index in [0.717, 1.165) is 0 Å². The van der Waals surface area contributed by atoms with Crippen LogP contribution in [-0.2, 0) is 16.0 Å². The average Bonchev–Trinajstić information content (AvgIpc) is 2.79. The second-order valence-electron chi connectivity index (χ2n) is 3.43. The van der Waals surface area contributed by atoms with Crippen molar-refractivity contribution in [2.75, 3.05) is 0 Å². The van der Waals surface area contributed by atoms with Crippen LogP contribution in [0.25, 0.3) is 0 Å². The lowest BCUT2D eigenvalue weighted by Gasteiger charge is -2.15. The number of carbonyl (C=O) groups excluding carboxylic acids is 2. The number of hydrogen-bond acceptors (Lipinski definition) is 4. The molecule has 2 N–H and O–H groups in total. The fourth-order valence-corrected chi connectivity index (χ4v) is 1.31. The number of H-pyrrole nitrogens is 1. The molecule has 0 aliphatic heterocycles. The zero-order valence-electron chi connectivity index (χ0n) is 9.49. The molecule has 1 aromatic heterocycles. The predicted molar refractivity (Wildman–Crippen MR) is 57.6 cm³/mol. The molecule has 0 aromatic carbocycles. The van der Waals surface area contributed by atoms with Gasteiger partial charge in [0.05, 0.1) is 6.04 Å². The Bertz CT molecular complexity index is 348. The highest BCUT2D eigenvalue weighted by Crippen LogP contribution is 2.00. The highest BCUT2D eigenvalue weighted by atomic mass is 16.2. The smallest absolute Gasteiger partial charge is 0.220 e. The van der Waals surface area contributed by atoms with Gasteiger partial charge >= 0.3 is 0 Å². The van der Waals surface area contributed by atoms with Crippen LogP contribution in [-0.4, -0.2) is 32.9 Å². The van der Waals surface area contributed by atoms with Gasteiger partial charge in [-0.2, -0.15) is 5.10 Å². The summed E-state index contributed by atoms with van der Waals surface area (Å²) in [6.45, 7) is 3.52. The third kappa shape index (κ3) is 3.45. The summed E-state index contributed by atoms with van der Waals surface area (Å²) in [5.41, 5.74) is 0. The molecular formula is C10H16N4O2. The Morgan fingerprint density at radius 2 is 2.19 bits per heavy atom. The lowest BCUT2D eigenvalue weighted by atomic mass is 10.1. The number of amides is 1. The number of nitrogens with zero attached hydrogens (tertiary/aromatic N) is 2. The molecule has 0 saturated carbocycles. The Kier molecular flexibility index (Phi) is 4.63. The van der Waals surface area contributed by atoms with Crippen molar-refractivity contribution in [1.29, 1.82) is 0 Å². The van der Waals surface area contributed by atoms with Crippen molar-refractivity contribution in [3.05, 3.63) is 12.2 Å². The van der Waals surface area contributed by atoms with Gasteiger partial charge in [-0.05, 0) is 0 Å². The molecule has 16 heavy (non-hydrogen) atoms. The van der Waals surface area contributed by atoms with E-state index in [0.29, 0.717) is 25.1 Å². The number of aromatic amines is 1. The van der Waals surface area contributed by atoms with E-state index in [1.165, 1.54) is 6.33 Å². The van der Waals surface area contributed by atoms with Gasteiger partial charge in [0.15, 0.2) is 5.78 Å². The lowest BCUT2D eigenvalue weighted by molar-refractivity contribution is -0.127. The molecule has 0 bridgehead atoms. The predicted octanol–water partition coefficient (Wildman–Crippen LogP) is 0.221. The van der Waals surface area contributed by atoms with Gasteiger partial charge in [-0.1, -0.05) is 13.8 Å². The Labute approximate surface area is 93.8 Å². The van der Waals surface area contributed by atoms with Crippen LogP contribution >= 0.6 is 0 Å². The molecule has 1 heterocycles. The van der Waals surface area contributed by atoms with E-state index >= 15 is 0 Å². The van der Waals surface area contributed by atoms with Crippen LogP contribution in [0, 0.1) is 0 Å². The molecule has 0 spiro atoms. The molecule has 0 saturated heterocycles. The summed E-state index contributed by atoms with van der Waals surface area (Å²) < 4.78 is 0. The van der Waals surface area contributed by atoms with Gasteiger partial charge in [0.2, 0.25) is 5.91 Å². The first-order valence-corrected chi connectivity index (χ1v) is 5.33. The fourth-order valence-electron chi connectivity index (χ4n) is 1.31. The number of rotatable bonds is 6. The van der Waals surface area contributed by atoms with Crippen molar-refractivity contribution in [1.82, 2.24) is 20.5 Å². The largest absolute Gasteiger partial charge is 0.346 e. The Morgan fingerprint density at radius 1 is 1.44 bits per heavy atom. The van der Waals surface area contributed by atoms with Crippen molar-refractivity contribution >= 4 is 11.7 Å². The summed E-state index contributed by atoms with van der Waals surface area (Å²) in [5.74, 6) is 0.465. The molecule has 1 aromatic rings. The number of hydrogen-bond donors (Lipinski definition) is 2. The summed E-state index contributed by atoms with van der Waals surface area (Å²) in [7, 11) is 0. The van der Waals surface area contributed by atoms with Gasteiger partial charge in [0.1, 0.15) is 12.2 Å². The highest BCUT2D eigenvalue weighted by molar-refractivity contribution is 5.88. The van der Waals surface area contributed by atoms with E-state index in [-0.39, 0.29) is 11.7 Å². The highest BCUT2D eigenvalue weighted by Gasteiger charge is 2.19. The Morgan fingerprint density at radius 3 is 2.69 bits per heavy atom. The third-order valence-corrected chi connectivity index (χ3v) is 2.26. The Balaban J connectivity index is 2.64. The minimum absolute atomic E-state index is 0.00167. The monoisotopic (exact) mass is 224 g/mol. The number of aromatic nitrogens is 3. The molecule has 0 fully saturated rings. The van der Waals surface area contributed by atoms with Gasteiger partial charge in [-0.25, -0.2) is 4.98 Å². The molecule has 0 aliphatic rings. The zero-order chi connectivity index (χ0) is 12.0. The molecular weight excluding hydrogens is 208 g/mol. The van der Waals surface area contributed by atoms with E-state index in [2.05, 4.69) is 20.5 Å². The van der Waals surface area contributed by atoms with E-state index in [9.17, 15) is 9.59 Å². The minimum atomic E-state index is -0.509. The first-order valence-electron chi connectivity index (χ1n) is 5.33. The van der Waals surface area contributed by atoms with Gasteiger partial charge in [-0.3, -0.25) is 14.7 Å². The summed E-state index contributed by atoms with van der Waals surface area (Å²) >= 11 is 0. The molecule has 1 atom stereocenters. The van der Waals surface area contributed by atoms with Crippen LogP contribution in [0.1, 0.15) is 32.5 Å². The number of carbonyl (C=O) groups is 2. The summed E-state index contributed by atoms with van der Waals surface area (Å²) in [6, 6.07) is -0.509. The second-order valence-corrected chi connectivity index (χ2v) is 3.43. The second kappa shape index (κ2) is 5.99. The van der Waals surface area contributed by atoms with Gasteiger partial charge < -0.3 is 5.32 Å². The first kappa shape index (κ1) is 12.4. The number of ketones is 1. The van der Waals surface area contributed by atoms with Crippen LogP contribution < -0.4 is 5.32 Å². The zero-order valence-corrected chi connectivity index (χ0v) is 9.49. The summed E-state index contributed by atoms with van der Waals surface area (Å²) in [6.07, 6.45) is 2.50. The first-order chi connectivity index (χ1) is 7.67. The molecule has 0 radical (unpaired) electrons.